The van der Waals surface area contributed by atoms with Crippen LogP contribution in [0.4, 0.5) is 5.69 Å². The van der Waals surface area contributed by atoms with Crippen LogP contribution in [0.5, 0.6) is 0 Å². The van der Waals surface area contributed by atoms with E-state index in [0.29, 0.717) is 22.4 Å². The van der Waals surface area contributed by atoms with Gasteiger partial charge in [-0.15, -0.1) is 0 Å². The summed E-state index contributed by atoms with van der Waals surface area (Å²) in [7, 11) is 0. The first-order valence-corrected chi connectivity index (χ1v) is 7.41. The maximum absolute atomic E-state index is 12.7. The maximum Gasteiger partial charge on any atom is 0.251 e. The fourth-order valence-corrected chi connectivity index (χ4v) is 2.41. The first-order chi connectivity index (χ1) is 10.9. The van der Waals surface area contributed by atoms with Gasteiger partial charge in [0.2, 0.25) is 0 Å². The maximum atomic E-state index is 12.7. The minimum atomic E-state index is -0.350. The zero-order valence-corrected chi connectivity index (χ0v) is 13.4. The van der Waals surface area contributed by atoms with E-state index in [9.17, 15) is 9.59 Å². The van der Waals surface area contributed by atoms with E-state index in [-0.39, 0.29) is 29.9 Å². The molecule has 23 heavy (non-hydrogen) atoms. The fraction of sp³-hybridized carbons (Fsp3) is 0.176. The molecular formula is C17H17ClN2O3. The van der Waals surface area contributed by atoms with Crippen LogP contribution in [0, 0.1) is 6.92 Å². The number of aryl methyl sites for hydroxylation is 1. The van der Waals surface area contributed by atoms with Gasteiger partial charge in [-0.25, -0.2) is 0 Å². The van der Waals surface area contributed by atoms with Gasteiger partial charge < -0.3 is 16.2 Å². The zero-order chi connectivity index (χ0) is 17.0. The van der Waals surface area contributed by atoms with E-state index in [1.165, 1.54) is 12.1 Å². The van der Waals surface area contributed by atoms with Gasteiger partial charge >= 0.3 is 0 Å². The molecule has 0 aliphatic rings. The summed E-state index contributed by atoms with van der Waals surface area (Å²) in [5.74, 6) is -0.624. The van der Waals surface area contributed by atoms with E-state index < -0.39 is 0 Å². The van der Waals surface area contributed by atoms with Gasteiger partial charge in [0.15, 0.2) is 5.78 Å². The lowest BCUT2D eigenvalue weighted by Gasteiger charge is -2.10. The number of benzene rings is 2. The Balaban J connectivity index is 2.38. The van der Waals surface area contributed by atoms with Gasteiger partial charge in [-0.05, 0) is 42.8 Å². The molecule has 2 aromatic rings. The first kappa shape index (κ1) is 17.0. The minimum Gasteiger partial charge on any atom is -0.399 e. The molecule has 0 aliphatic carbocycles. The summed E-state index contributed by atoms with van der Waals surface area (Å²) in [6.07, 6.45) is 0. The Labute approximate surface area is 139 Å². The van der Waals surface area contributed by atoms with Gasteiger partial charge in [-0.3, -0.25) is 9.59 Å². The second kappa shape index (κ2) is 7.26. The Bertz CT molecular complexity index is 759. The Kier molecular flexibility index (Phi) is 5.36. The number of nitrogen functional groups attached to an aromatic ring is 1. The highest BCUT2D eigenvalue weighted by Crippen LogP contribution is 2.24. The zero-order valence-electron chi connectivity index (χ0n) is 12.6. The summed E-state index contributed by atoms with van der Waals surface area (Å²) >= 11 is 6.09. The van der Waals surface area contributed by atoms with Gasteiger partial charge in [0.25, 0.3) is 5.91 Å². The van der Waals surface area contributed by atoms with Crippen LogP contribution in [0.2, 0.25) is 5.02 Å². The second-order valence-corrected chi connectivity index (χ2v) is 5.48. The third kappa shape index (κ3) is 3.88. The van der Waals surface area contributed by atoms with Crippen LogP contribution in [0.1, 0.15) is 31.8 Å². The molecule has 0 spiro atoms. The monoisotopic (exact) mass is 332 g/mol. The van der Waals surface area contributed by atoms with Crippen molar-refractivity contribution in [2.45, 2.75) is 6.92 Å². The molecule has 0 bridgehead atoms. The molecule has 0 saturated heterocycles. The number of nitrogens with two attached hydrogens (primary N) is 1. The Hall–Kier alpha value is -2.37. The molecule has 0 radical (unpaired) electrons. The Morgan fingerprint density at radius 3 is 2.57 bits per heavy atom. The van der Waals surface area contributed by atoms with Crippen molar-refractivity contribution in [3.8, 4) is 0 Å². The summed E-state index contributed by atoms with van der Waals surface area (Å²) in [4.78, 5) is 24.7. The average molecular weight is 333 g/mol. The standard InChI is InChI=1S/C17H17ClN2O3/c1-10-2-3-11(17(23)20-6-7-21)8-14(10)16(22)13-5-4-12(19)9-15(13)18/h2-5,8-9,21H,6-7,19H2,1H3,(H,20,23). The van der Waals surface area contributed by atoms with Crippen molar-refractivity contribution in [3.05, 3.63) is 63.7 Å². The Morgan fingerprint density at radius 2 is 1.91 bits per heavy atom. The van der Waals surface area contributed by atoms with E-state index in [4.69, 9.17) is 22.4 Å². The molecule has 0 aliphatic heterocycles. The van der Waals surface area contributed by atoms with Gasteiger partial charge in [-0.2, -0.15) is 0 Å². The van der Waals surface area contributed by atoms with E-state index in [1.807, 2.05) is 0 Å². The number of anilines is 1. The van der Waals surface area contributed by atoms with Crippen LogP contribution < -0.4 is 11.1 Å². The molecule has 0 unspecified atom stereocenters. The summed E-state index contributed by atoms with van der Waals surface area (Å²) in [5, 5.41) is 11.6. The lowest BCUT2D eigenvalue weighted by Crippen LogP contribution is -2.26. The number of aliphatic hydroxyl groups excluding tert-OH is 1. The van der Waals surface area contributed by atoms with Crippen LogP contribution in [0.3, 0.4) is 0 Å². The molecule has 2 rings (SSSR count). The van der Waals surface area contributed by atoms with Crippen LogP contribution >= 0.6 is 11.6 Å². The topological polar surface area (TPSA) is 92.4 Å². The van der Waals surface area contributed by atoms with Crippen LogP contribution in [-0.2, 0) is 0 Å². The highest BCUT2D eigenvalue weighted by Gasteiger charge is 2.17. The minimum absolute atomic E-state index is 0.148. The quantitative estimate of drug-likeness (QED) is 0.578. The summed E-state index contributed by atoms with van der Waals surface area (Å²) in [6.45, 7) is 1.79. The lowest BCUT2D eigenvalue weighted by molar-refractivity contribution is 0.0945. The number of nitrogens with one attached hydrogen (secondary N) is 1. The summed E-state index contributed by atoms with van der Waals surface area (Å²) in [5.41, 5.74) is 7.92. The Morgan fingerprint density at radius 1 is 1.17 bits per heavy atom. The van der Waals surface area contributed by atoms with Crippen molar-refractivity contribution < 1.29 is 14.7 Å². The lowest BCUT2D eigenvalue weighted by atomic mass is 9.96. The molecule has 6 heteroatoms. The number of halogens is 1. The van der Waals surface area contributed by atoms with Crippen molar-refractivity contribution in [1.82, 2.24) is 5.32 Å². The van der Waals surface area contributed by atoms with Crippen LogP contribution in [-0.4, -0.2) is 29.9 Å². The normalized spacial score (nSPS) is 10.4. The number of hydrogen-bond donors (Lipinski definition) is 3. The second-order valence-electron chi connectivity index (χ2n) is 5.08. The van der Waals surface area contributed by atoms with E-state index in [2.05, 4.69) is 5.32 Å². The van der Waals surface area contributed by atoms with Gasteiger partial charge in [0.05, 0.1) is 11.6 Å². The highest BCUT2D eigenvalue weighted by molar-refractivity contribution is 6.35. The molecular weight excluding hydrogens is 316 g/mol. The van der Waals surface area contributed by atoms with Crippen LogP contribution in [0.15, 0.2) is 36.4 Å². The molecule has 1 amide bonds. The van der Waals surface area contributed by atoms with Gasteiger partial charge in [-0.1, -0.05) is 17.7 Å². The smallest absolute Gasteiger partial charge is 0.251 e. The molecule has 2 aromatic carbocycles. The van der Waals surface area contributed by atoms with Crippen molar-refractivity contribution in [2.24, 2.45) is 0 Å². The third-order valence-corrected chi connectivity index (χ3v) is 3.69. The van der Waals surface area contributed by atoms with Crippen molar-refractivity contribution in [1.29, 1.82) is 0 Å². The molecule has 0 fully saturated rings. The average Bonchev–Trinajstić information content (AvgIpc) is 2.52. The summed E-state index contributed by atoms with van der Waals surface area (Å²) < 4.78 is 0. The molecule has 0 heterocycles. The van der Waals surface area contributed by atoms with E-state index >= 15 is 0 Å². The number of carbonyl (C=O) groups excluding carboxylic acids is 2. The molecule has 120 valence electrons. The molecule has 0 saturated carbocycles. The molecule has 4 N–H and O–H groups in total. The predicted octanol–water partition coefficient (Wildman–Crippen LogP) is 2.18. The van der Waals surface area contributed by atoms with Crippen molar-refractivity contribution in [2.75, 3.05) is 18.9 Å². The van der Waals surface area contributed by atoms with Crippen LogP contribution in [0.25, 0.3) is 0 Å². The number of rotatable bonds is 5. The number of carbonyl (C=O) groups is 2. The third-order valence-electron chi connectivity index (χ3n) is 3.38. The molecule has 5 nitrogen and oxygen atoms in total. The van der Waals surface area contributed by atoms with Gasteiger partial charge in [0, 0.05) is 28.9 Å². The SMILES string of the molecule is Cc1ccc(C(=O)NCCO)cc1C(=O)c1ccc(N)cc1Cl. The number of hydrogen-bond acceptors (Lipinski definition) is 4. The largest absolute Gasteiger partial charge is 0.399 e. The molecule has 0 atom stereocenters. The molecule has 0 aromatic heterocycles. The van der Waals surface area contributed by atoms with E-state index in [0.717, 1.165) is 5.56 Å². The van der Waals surface area contributed by atoms with Crippen molar-refractivity contribution in [3.63, 3.8) is 0 Å². The first-order valence-electron chi connectivity index (χ1n) is 7.03. The van der Waals surface area contributed by atoms with Crippen molar-refractivity contribution >= 4 is 29.0 Å². The number of ketones is 1. The summed E-state index contributed by atoms with van der Waals surface area (Å²) in [6, 6.07) is 9.54. The fourth-order valence-electron chi connectivity index (χ4n) is 2.14. The number of amides is 1. The predicted molar refractivity (Wildman–Crippen MR) is 89.9 cm³/mol. The van der Waals surface area contributed by atoms with E-state index in [1.54, 1.807) is 31.2 Å². The van der Waals surface area contributed by atoms with Gasteiger partial charge in [0.1, 0.15) is 0 Å². The number of aliphatic hydroxyl groups is 1. The highest BCUT2D eigenvalue weighted by atomic mass is 35.5.